The molecule has 0 aromatic carbocycles. The van der Waals surface area contributed by atoms with Gasteiger partial charge in [-0.05, 0) is 37.7 Å². The lowest BCUT2D eigenvalue weighted by Gasteiger charge is -2.15. The predicted molar refractivity (Wildman–Crippen MR) is 77.3 cm³/mol. The number of hydrogen-bond acceptors (Lipinski definition) is 3. The number of aromatic nitrogens is 3. The van der Waals surface area contributed by atoms with E-state index in [4.69, 9.17) is 11.6 Å². The third kappa shape index (κ3) is 2.01. The minimum atomic E-state index is 0.455. The minimum Gasteiger partial charge on any atom is -0.309 e. The molecule has 1 saturated carbocycles. The molecule has 1 aliphatic carbocycles. The topological polar surface area (TPSA) is 30.7 Å². The Morgan fingerprint density at radius 1 is 1.50 bits per heavy atom. The van der Waals surface area contributed by atoms with Gasteiger partial charge in [-0.15, -0.1) is 11.6 Å². The van der Waals surface area contributed by atoms with Gasteiger partial charge in [-0.1, -0.05) is 0 Å². The van der Waals surface area contributed by atoms with Crippen molar-refractivity contribution in [3.05, 3.63) is 24.2 Å². The second-order valence-corrected chi connectivity index (χ2v) is 6.11. The van der Waals surface area contributed by atoms with Gasteiger partial charge in [-0.2, -0.15) is 11.8 Å². The third-order valence-electron chi connectivity index (χ3n) is 3.70. The molecule has 0 spiro atoms. The second kappa shape index (κ2) is 5.10. The molecule has 0 saturated heterocycles. The minimum absolute atomic E-state index is 0.455. The molecule has 96 valence electrons. The van der Waals surface area contributed by atoms with E-state index in [9.17, 15) is 0 Å². The number of hydrogen-bond donors (Lipinski definition) is 0. The summed E-state index contributed by atoms with van der Waals surface area (Å²) in [6, 6.07) is 4.45. The first-order valence-electron chi connectivity index (χ1n) is 6.24. The molecule has 0 radical (unpaired) electrons. The van der Waals surface area contributed by atoms with E-state index in [-0.39, 0.29) is 0 Å². The first-order valence-corrected chi connectivity index (χ1v) is 8.06. The van der Waals surface area contributed by atoms with Crippen LogP contribution in [0.25, 0.3) is 11.2 Å². The fraction of sp³-hybridized carbons (Fsp3) is 0.538. The third-order valence-corrected chi connectivity index (χ3v) is 5.03. The van der Waals surface area contributed by atoms with E-state index in [2.05, 4.69) is 20.8 Å². The Bertz CT molecular complexity index is 554. The van der Waals surface area contributed by atoms with Crippen molar-refractivity contribution in [3.63, 3.8) is 0 Å². The first kappa shape index (κ1) is 12.3. The zero-order valence-electron chi connectivity index (χ0n) is 10.3. The molecular formula is C13H16ClN3S. The summed E-state index contributed by atoms with van der Waals surface area (Å²) in [5.41, 5.74) is 1.95. The van der Waals surface area contributed by atoms with Gasteiger partial charge in [0.05, 0.1) is 5.88 Å². The number of halogens is 1. The van der Waals surface area contributed by atoms with E-state index >= 15 is 0 Å². The maximum absolute atomic E-state index is 6.04. The van der Waals surface area contributed by atoms with Gasteiger partial charge in [-0.25, -0.2) is 9.97 Å². The lowest BCUT2D eigenvalue weighted by atomic mass is 10.2. The average Bonchev–Trinajstić information content (AvgIpc) is 3.01. The van der Waals surface area contributed by atoms with E-state index in [0.717, 1.165) is 22.2 Å². The molecule has 0 aliphatic heterocycles. The molecule has 1 fully saturated rings. The summed E-state index contributed by atoms with van der Waals surface area (Å²) >= 11 is 8.00. The predicted octanol–water partition coefficient (Wildman–Crippen LogP) is 3.63. The van der Waals surface area contributed by atoms with E-state index in [1.54, 1.807) is 0 Å². The standard InChI is InChI=1S/C13H16ClN3S/c1-18-10-5-4-9(7-10)17-12(8-14)16-11-3-2-6-15-13(11)17/h2-3,6,9-10H,4-5,7-8H2,1H3. The van der Waals surface area contributed by atoms with E-state index in [1.165, 1.54) is 19.3 Å². The van der Waals surface area contributed by atoms with Crippen molar-refractivity contribution in [1.29, 1.82) is 0 Å². The van der Waals surface area contributed by atoms with Crippen LogP contribution in [0.2, 0.25) is 0 Å². The normalized spacial score (nSPS) is 23.9. The second-order valence-electron chi connectivity index (χ2n) is 4.70. The summed E-state index contributed by atoms with van der Waals surface area (Å²) in [6.07, 6.45) is 7.71. The number of alkyl halides is 1. The van der Waals surface area contributed by atoms with Crippen molar-refractivity contribution in [2.45, 2.75) is 36.4 Å². The Morgan fingerprint density at radius 2 is 2.39 bits per heavy atom. The molecular weight excluding hydrogens is 266 g/mol. The lowest BCUT2D eigenvalue weighted by molar-refractivity contribution is 0.516. The molecule has 0 bridgehead atoms. The number of rotatable bonds is 3. The van der Waals surface area contributed by atoms with Crippen LogP contribution in [-0.2, 0) is 5.88 Å². The van der Waals surface area contributed by atoms with Gasteiger partial charge >= 0.3 is 0 Å². The van der Waals surface area contributed by atoms with E-state index in [0.29, 0.717) is 11.9 Å². The summed E-state index contributed by atoms with van der Waals surface area (Å²) < 4.78 is 2.26. The molecule has 1 aliphatic rings. The maximum atomic E-state index is 6.04. The van der Waals surface area contributed by atoms with Crippen LogP contribution in [0.3, 0.4) is 0 Å². The van der Waals surface area contributed by atoms with Crippen molar-refractivity contribution >= 4 is 34.5 Å². The molecule has 2 unspecified atom stereocenters. The van der Waals surface area contributed by atoms with Crippen LogP contribution in [0.5, 0.6) is 0 Å². The van der Waals surface area contributed by atoms with Crippen LogP contribution in [0, 0.1) is 0 Å². The fourth-order valence-electron chi connectivity index (χ4n) is 2.82. The number of fused-ring (bicyclic) bond motifs is 1. The number of imidazole rings is 1. The van der Waals surface area contributed by atoms with Crippen molar-refractivity contribution in [2.75, 3.05) is 6.26 Å². The van der Waals surface area contributed by atoms with Gasteiger partial charge < -0.3 is 4.57 Å². The molecule has 0 N–H and O–H groups in total. The van der Waals surface area contributed by atoms with Crippen LogP contribution in [-0.4, -0.2) is 26.0 Å². The Labute approximate surface area is 116 Å². The maximum Gasteiger partial charge on any atom is 0.160 e. The van der Waals surface area contributed by atoms with E-state index < -0.39 is 0 Å². The van der Waals surface area contributed by atoms with Crippen molar-refractivity contribution < 1.29 is 0 Å². The van der Waals surface area contributed by atoms with Crippen LogP contribution in [0.4, 0.5) is 0 Å². The van der Waals surface area contributed by atoms with Gasteiger partial charge in [0, 0.05) is 17.5 Å². The van der Waals surface area contributed by atoms with Gasteiger partial charge in [-0.3, -0.25) is 0 Å². The van der Waals surface area contributed by atoms with Crippen molar-refractivity contribution in [3.8, 4) is 0 Å². The highest BCUT2D eigenvalue weighted by Gasteiger charge is 2.28. The van der Waals surface area contributed by atoms with Crippen LogP contribution in [0.15, 0.2) is 18.3 Å². The quantitative estimate of drug-likeness (QED) is 0.805. The molecule has 3 nitrogen and oxygen atoms in total. The number of thioether (sulfide) groups is 1. The highest BCUT2D eigenvalue weighted by atomic mass is 35.5. The summed E-state index contributed by atoms with van der Waals surface area (Å²) in [7, 11) is 0. The molecule has 2 aromatic rings. The Kier molecular flexibility index (Phi) is 3.48. The van der Waals surface area contributed by atoms with Crippen LogP contribution >= 0.6 is 23.4 Å². The SMILES string of the molecule is CSC1CCC(n2c(CCl)nc3cccnc32)C1. The Hall–Kier alpha value is -0.740. The summed E-state index contributed by atoms with van der Waals surface area (Å²) in [6.45, 7) is 0. The van der Waals surface area contributed by atoms with Crippen molar-refractivity contribution in [2.24, 2.45) is 0 Å². The Morgan fingerprint density at radius 3 is 3.11 bits per heavy atom. The molecule has 0 amide bonds. The molecule has 18 heavy (non-hydrogen) atoms. The molecule has 2 aromatic heterocycles. The van der Waals surface area contributed by atoms with Gasteiger partial charge in [0.15, 0.2) is 5.65 Å². The number of nitrogens with zero attached hydrogens (tertiary/aromatic N) is 3. The molecule has 2 heterocycles. The largest absolute Gasteiger partial charge is 0.309 e. The average molecular weight is 282 g/mol. The zero-order valence-corrected chi connectivity index (χ0v) is 11.9. The summed E-state index contributed by atoms with van der Waals surface area (Å²) in [5.74, 6) is 1.41. The highest BCUT2D eigenvalue weighted by Crippen LogP contribution is 2.38. The van der Waals surface area contributed by atoms with Crippen molar-refractivity contribution in [1.82, 2.24) is 14.5 Å². The zero-order chi connectivity index (χ0) is 12.5. The fourth-order valence-corrected chi connectivity index (χ4v) is 3.80. The van der Waals surface area contributed by atoms with Crippen LogP contribution in [0.1, 0.15) is 31.1 Å². The first-order chi connectivity index (χ1) is 8.83. The monoisotopic (exact) mass is 281 g/mol. The number of pyridine rings is 1. The summed E-state index contributed by atoms with van der Waals surface area (Å²) in [5, 5.41) is 0.763. The summed E-state index contributed by atoms with van der Waals surface area (Å²) in [4.78, 5) is 9.07. The van der Waals surface area contributed by atoms with Gasteiger partial charge in [0.25, 0.3) is 0 Å². The van der Waals surface area contributed by atoms with E-state index in [1.807, 2.05) is 30.1 Å². The van der Waals surface area contributed by atoms with Gasteiger partial charge in [0.1, 0.15) is 11.3 Å². The highest BCUT2D eigenvalue weighted by molar-refractivity contribution is 7.99. The Balaban J connectivity index is 2.04. The molecule has 5 heteroatoms. The smallest absolute Gasteiger partial charge is 0.160 e. The molecule has 2 atom stereocenters. The van der Waals surface area contributed by atoms with Gasteiger partial charge in [0.2, 0.25) is 0 Å². The lowest BCUT2D eigenvalue weighted by Crippen LogP contribution is -2.10. The molecule has 3 rings (SSSR count). The van der Waals surface area contributed by atoms with Crippen LogP contribution < -0.4 is 0 Å².